The van der Waals surface area contributed by atoms with Crippen molar-refractivity contribution in [2.45, 2.75) is 59.8 Å². The van der Waals surface area contributed by atoms with Gasteiger partial charge in [-0.25, -0.2) is 0 Å². The summed E-state index contributed by atoms with van der Waals surface area (Å²) in [6.45, 7) is 9.51. The molecule has 72 valence electrons. The van der Waals surface area contributed by atoms with Gasteiger partial charge in [-0.05, 0) is 30.1 Å². The zero-order chi connectivity index (χ0) is 9.19. The van der Waals surface area contributed by atoms with Gasteiger partial charge < -0.3 is 0 Å². The molecule has 0 heterocycles. The van der Waals surface area contributed by atoms with Crippen molar-refractivity contribution in [1.29, 1.82) is 0 Å². The van der Waals surface area contributed by atoms with E-state index in [0.29, 0.717) is 5.41 Å². The highest BCUT2D eigenvalue weighted by atomic mass is 14.5. The second kappa shape index (κ2) is 3.81. The van der Waals surface area contributed by atoms with Gasteiger partial charge in [-0.1, -0.05) is 47.0 Å². The first kappa shape index (κ1) is 10.1. The Balaban J connectivity index is 2.24. The Morgan fingerprint density at radius 1 is 1.33 bits per heavy atom. The second-order valence-electron chi connectivity index (χ2n) is 5.10. The molecule has 0 spiro atoms. The lowest BCUT2D eigenvalue weighted by molar-refractivity contribution is 0.0315. The summed E-state index contributed by atoms with van der Waals surface area (Å²) in [6, 6.07) is 0. The van der Waals surface area contributed by atoms with Crippen LogP contribution in [0.25, 0.3) is 0 Å². The maximum atomic E-state index is 2.45. The molecule has 1 aliphatic rings. The van der Waals surface area contributed by atoms with Gasteiger partial charge in [-0.3, -0.25) is 0 Å². The Hall–Kier alpha value is 0. The van der Waals surface area contributed by atoms with Crippen LogP contribution in [0.3, 0.4) is 0 Å². The molecule has 0 aromatic heterocycles. The molecule has 0 heteroatoms. The minimum Gasteiger partial charge on any atom is -0.0654 e. The summed E-state index contributed by atoms with van der Waals surface area (Å²) in [5.41, 5.74) is 0.715. The number of hydrogen-bond acceptors (Lipinski definition) is 0. The van der Waals surface area contributed by atoms with Crippen molar-refractivity contribution in [3.05, 3.63) is 0 Å². The molecule has 1 saturated carbocycles. The molecule has 1 rings (SSSR count). The lowest BCUT2D eigenvalue weighted by Crippen LogP contribution is -2.37. The van der Waals surface area contributed by atoms with E-state index >= 15 is 0 Å². The molecule has 1 unspecified atom stereocenters. The van der Waals surface area contributed by atoms with Crippen LogP contribution < -0.4 is 0 Å². The number of hydrogen-bond donors (Lipinski definition) is 0. The van der Waals surface area contributed by atoms with Crippen molar-refractivity contribution in [2.24, 2.45) is 17.3 Å². The van der Waals surface area contributed by atoms with E-state index in [1.165, 1.54) is 32.1 Å². The van der Waals surface area contributed by atoms with Crippen molar-refractivity contribution in [1.82, 2.24) is 0 Å². The van der Waals surface area contributed by atoms with Gasteiger partial charge in [0.25, 0.3) is 0 Å². The van der Waals surface area contributed by atoms with Crippen LogP contribution in [0.1, 0.15) is 59.8 Å². The van der Waals surface area contributed by atoms with E-state index in [1.54, 1.807) is 0 Å². The fourth-order valence-electron chi connectivity index (χ4n) is 2.59. The van der Waals surface area contributed by atoms with Crippen LogP contribution in [-0.4, -0.2) is 0 Å². The van der Waals surface area contributed by atoms with E-state index < -0.39 is 0 Å². The molecule has 0 aliphatic heterocycles. The van der Waals surface area contributed by atoms with E-state index in [0.717, 1.165) is 11.8 Å². The van der Waals surface area contributed by atoms with Crippen molar-refractivity contribution in [3.8, 4) is 0 Å². The van der Waals surface area contributed by atoms with Gasteiger partial charge in [0, 0.05) is 0 Å². The Morgan fingerprint density at radius 3 is 2.33 bits per heavy atom. The van der Waals surface area contributed by atoms with Crippen molar-refractivity contribution >= 4 is 0 Å². The first-order chi connectivity index (χ1) is 5.61. The second-order valence-corrected chi connectivity index (χ2v) is 5.10. The maximum absolute atomic E-state index is 2.45. The van der Waals surface area contributed by atoms with Crippen molar-refractivity contribution in [2.75, 3.05) is 0 Å². The molecule has 12 heavy (non-hydrogen) atoms. The lowest BCUT2D eigenvalue weighted by Gasteiger charge is -2.48. The van der Waals surface area contributed by atoms with E-state index in [2.05, 4.69) is 27.7 Å². The molecule has 1 aliphatic carbocycles. The quantitative estimate of drug-likeness (QED) is 0.588. The molecule has 0 aromatic rings. The molecule has 0 N–H and O–H groups in total. The summed E-state index contributed by atoms with van der Waals surface area (Å²) in [6.07, 6.45) is 7.16. The van der Waals surface area contributed by atoms with E-state index in [4.69, 9.17) is 0 Å². The van der Waals surface area contributed by atoms with Crippen LogP contribution in [0.4, 0.5) is 0 Å². The predicted molar refractivity (Wildman–Crippen MR) is 55.2 cm³/mol. The van der Waals surface area contributed by atoms with E-state index in [1.807, 2.05) is 0 Å². The third-order valence-corrected chi connectivity index (χ3v) is 3.91. The molecular weight excluding hydrogens is 144 g/mol. The Kier molecular flexibility index (Phi) is 3.20. The summed E-state index contributed by atoms with van der Waals surface area (Å²) >= 11 is 0. The zero-order valence-corrected chi connectivity index (χ0v) is 9.19. The SMILES string of the molecule is CCCC(C)C1CC(C)(CC)C1. The smallest absolute Gasteiger partial charge is 0.0323 e. The van der Waals surface area contributed by atoms with Crippen LogP contribution in [0, 0.1) is 17.3 Å². The minimum absolute atomic E-state index is 0.715. The average molecular weight is 168 g/mol. The van der Waals surface area contributed by atoms with E-state index in [-0.39, 0.29) is 0 Å². The molecule has 0 bridgehead atoms. The fourth-order valence-corrected chi connectivity index (χ4v) is 2.59. The highest BCUT2D eigenvalue weighted by Gasteiger charge is 2.40. The zero-order valence-electron chi connectivity index (χ0n) is 9.19. The van der Waals surface area contributed by atoms with Crippen molar-refractivity contribution in [3.63, 3.8) is 0 Å². The molecule has 1 fully saturated rings. The van der Waals surface area contributed by atoms with Crippen LogP contribution in [0.2, 0.25) is 0 Å². The molecule has 1 atom stereocenters. The van der Waals surface area contributed by atoms with Crippen LogP contribution >= 0.6 is 0 Å². The Labute approximate surface area is 77.7 Å². The molecule has 0 nitrogen and oxygen atoms in total. The third kappa shape index (κ3) is 2.02. The summed E-state index contributed by atoms with van der Waals surface area (Å²) in [5.74, 6) is 2.03. The van der Waals surface area contributed by atoms with Gasteiger partial charge in [-0.2, -0.15) is 0 Å². The molecule has 0 aromatic carbocycles. The average Bonchev–Trinajstić information content (AvgIpc) is 1.99. The predicted octanol–water partition coefficient (Wildman–Crippen LogP) is 4.25. The number of rotatable bonds is 4. The summed E-state index contributed by atoms with van der Waals surface area (Å²) in [7, 11) is 0. The lowest BCUT2D eigenvalue weighted by atomic mass is 9.58. The standard InChI is InChI=1S/C12H24/c1-5-7-10(3)11-8-12(4,6-2)9-11/h10-11H,5-9H2,1-4H3. The molecule has 0 amide bonds. The van der Waals surface area contributed by atoms with Gasteiger partial charge in [0.15, 0.2) is 0 Å². The largest absolute Gasteiger partial charge is 0.0654 e. The first-order valence-electron chi connectivity index (χ1n) is 5.61. The fraction of sp³-hybridized carbons (Fsp3) is 1.00. The van der Waals surface area contributed by atoms with Crippen LogP contribution in [0.5, 0.6) is 0 Å². The summed E-state index contributed by atoms with van der Waals surface area (Å²) in [4.78, 5) is 0. The highest BCUT2D eigenvalue weighted by Crippen LogP contribution is 2.51. The summed E-state index contributed by atoms with van der Waals surface area (Å²) < 4.78 is 0. The highest BCUT2D eigenvalue weighted by molar-refractivity contribution is 4.91. The van der Waals surface area contributed by atoms with E-state index in [9.17, 15) is 0 Å². The molecule has 0 saturated heterocycles. The van der Waals surface area contributed by atoms with Gasteiger partial charge in [-0.15, -0.1) is 0 Å². The molecule has 0 radical (unpaired) electrons. The third-order valence-electron chi connectivity index (χ3n) is 3.91. The van der Waals surface area contributed by atoms with Crippen LogP contribution in [0.15, 0.2) is 0 Å². The topological polar surface area (TPSA) is 0 Å². The summed E-state index contributed by atoms with van der Waals surface area (Å²) in [5, 5.41) is 0. The van der Waals surface area contributed by atoms with Gasteiger partial charge in [0.2, 0.25) is 0 Å². The van der Waals surface area contributed by atoms with Gasteiger partial charge in [0.1, 0.15) is 0 Å². The van der Waals surface area contributed by atoms with Gasteiger partial charge in [0.05, 0.1) is 0 Å². The van der Waals surface area contributed by atoms with Gasteiger partial charge >= 0.3 is 0 Å². The molecular formula is C12H24. The minimum atomic E-state index is 0.715. The van der Waals surface area contributed by atoms with Crippen LogP contribution in [-0.2, 0) is 0 Å². The normalized spacial score (nSPS) is 37.5. The van der Waals surface area contributed by atoms with Crippen molar-refractivity contribution < 1.29 is 0 Å². The first-order valence-corrected chi connectivity index (χ1v) is 5.61. The monoisotopic (exact) mass is 168 g/mol. The Bertz CT molecular complexity index is 131. The maximum Gasteiger partial charge on any atom is -0.0323 e. The Morgan fingerprint density at radius 2 is 1.92 bits per heavy atom.